The molecule has 0 saturated carbocycles. The van der Waals surface area contributed by atoms with Crippen molar-refractivity contribution >= 4 is 18.3 Å². The Bertz CT molecular complexity index is 409. The summed E-state index contributed by atoms with van der Waals surface area (Å²) in [7, 11) is -1.05. The van der Waals surface area contributed by atoms with Gasteiger partial charge >= 0.3 is 7.12 Å². The van der Waals surface area contributed by atoms with Gasteiger partial charge in [-0.3, -0.25) is 10.1 Å². The van der Waals surface area contributed by atoms with Gasteiger partial charge < -0.3 is 9.68 Å². The fourth-order valence-electron chi connectivity index (χ4n) is 1.75. The van der Waals surface area contributed by atoms with Crippen LogP contribution >= 0.6 is 0 Å². The van der Waals surface area contributed by atoms with Crippen molar-refractivity contribution in [2.45, 2.75) is 12.8 Å². The molecule has 6 heteroatoms. The highest BCUT2D eigenvalue weighted by atomic mass is 16.6. The molecule has 1 aliphatic rings. The minimum Gasteiger partial charge on any atom is -0.423 e. The fourth-order valence-corrected chi connectivity index (χ4v) is 1.75. The van der Waals surface area contributed by atoms with E-state index in [0.717, 1.165) is 5.56 Å². The van der Waals surface area contributed by atoms with E-state index in [1.54, 1.807) is 6.07 Å². The first-order chi connectivity index (χ1) is 7.09. The van der Waals surface area contributed by atoms with Crippen molar-refractivity contribution in [3.05, 3.63) is 33.9 Å². The van der Waals surface area contributed by atoms with E-state index < -0.39 is 12.0 Å². The molecule has 1 N–H and O–H groups in total. The third-order valence-corrected chi connectivity index (χ3v) is 2.58. The molecule has 1 unspecified atom stereocenters. The molecule has 1 aromatic carbocycles. The maximum absolute atomic E-state index is 10.6. The molecule has 0 aromatic heterocycles. The lowest BCUT2D eigenvalue weighted by atomic mass is 9.71. The van der Waals surface area contributed by atoms with Gasteiger partial charge in [-0.1, -0.05) is 13.0 Å². The van der Waals surface area contributed by atoms with Crippen molar-refractivity contribution in [1.82, 2.24) is 0 Å². The predicted octanol–water partition coefficient (Wildman–Crippen LogP) is 0.416. The van der Waals surface area contributed by atoms with Crippen LogP contribution in [0, 0.1) is 10.1 Å². The Hall–Kier alpha value is -1.40. The second-order valence-corrected chi connectivity index (χ2v) is 3.66. The van der Waals surface area contributed by atoms with Crippen LogP contribution in [-0.4, -0.2) is 23.7 Å². The second kappa shape index (κ2) is 3.64. The number of nitro benzene ring substituents is 1. The number of nitrogens with zero attached hydrogens (tertiary/aromatic N) is 1. The number of non-ortho nitro benzene ring substituents is 1. The monoisotopic (exact) mass is 207 g/mol. The number of nitro groups is 1. The predicted molar refractivity (Wildman–Crippen MR) is 55.1 cm³/mol. The molecular formula is C9H10BNO4. The third kappa shape index (κ3) is 1.73. The van der Waals surface area contributed by atoms with Crippen LogP contribution in [0.1, 0.15) is 18.4 Å². The molecule has 0 aliphatic carbocycles. The number of rotatable bonds is 1. The molecule has 1 aliphatic heterocycles. The molecule has 1 aromatic rings. The molecule has 5 nitrogen and oxygen atoms in total. The van der Waals surface area contributed by atoms with Crippen molar-refractivity contribution in [2.24, 2.45) is 0 Å². The summed E-state index contributed by atoms with van der Waals surface area (Å²) in [6.45, 7) is 2.39. The number of benzene rings is 1. The maximum Gasteiger partial charge on any atom is 0.491 e. The third-order valence-electron chi connectivity index (χ3n) is 2.58. The van der Waals surface area contributed by atoms with Gasteiger partial charge in [-0.15, -0.1) is 0 Å². The SMILES string of the molecule is CC1COB(O)c2cc([N+](=O)[O-])ccc21. The van der Waals surface area contributed by atoms with E-state index in [9.17, 15) is 15.1 Å². The van der Waals surface area contributed by atoms with E-state index in [1.807, 2.05) is 6.92 Å². The van der Waals surface area contributed by atoms with Gasteiger partial charge in [0.25, 0.3) is 5.69 Å². The first kappa shape index (κ1) is 10.1. The molecule has 15 heavy (non-hydrogen) atoms. The normalized spacial score (nSPS) is 19.9. The lowest BCUT2D eigenvalue weighted by Crippen LogP contribution is -2.42. The fraction of sp³-hybridized carbons (Fsp3) is 0.333. The zero-order valence-electron chi connectivity index (χ0n) is 8.21. The average Bonchev–Trinajstić information content (AvgIpc) is 2.23. The average molecular weight is 207 g/mol. The zero-order valence-corrected chi connectivity index (χ0v) is 8.21. The van der Waals surface area contributed by atoms with Crippen LogP contribution in [0.5, 0.6) is 0 Å². The van der Waals surface area contributed by atoms with E-state index >= 15 is 0 Å². The zero-order chi connectivity index (χ0) is 11.0. The van der Waals surface area contributed by atoms with Crippen LogP contribution in [-0.2, 0) is 4.65 Å². The second-order valence-electron chi connectivity index (χ2n) is 3.66. The molecule has 0 fully saturated rings. The van der Waals surface area contributed by atoms with Crippen LogP contribution in [0.15, 0.2) is 18.2 Å². The largest absolute Gasteiger partial charge is 0.491 e. The maximum atomic E-state index is 10.6. The Morgan fingerprint density at radius 1 is 1.67 bits per heavy atom. The van der Waals surface area contributed by atoms with E-state index in [1.165, 1.54) is 12.1 Å². The minimum absolute atomic E-state index is 0.0227. The molecule has 0 radical (unpaired) electrons. The minimum atomic E-state index is -1.05. The smallest absolute Gasteiger partial charge is 0.423 e. The van der Waals surface area contributed by atoms with Crippen molar-refractivity contribution in [1.29, 1.82) is 0 Å². The Labute approximate surface area is 87.0 Å². The summed E-state index contributed by atoms with van der Waals surface area (Å²) in [4.78, 5) is 10.1. The van der Waals surface area contributed by atoms with E-state index in [4.69, 9.17) is 4.65 Å². The summed E-state index contributed by atoms with van der Waals surface area (Å²) in [5.74, 6) is 0.157. The van der Waals surface area contributed by atoms with Crippen LogP contribution < -0.4 is 5.46 Å². The van der Waals surface area contributed by atoms with Gasteiger partial charge in [0.05, 0.1) is 4.92 Å². The summed E-state index contributed by atoms with van der Waals surface area (Å²) in [5, 5.41) is 20.1. The standard InChI is InChI=1S/C9H10BNO4/c1-6-5-15-10(12)9-4-7(11(13)14)2-3-8(6)9/h2-4,6,12H,5H2,1H3. The first-order valence-corrected chi connectivity index (χ1v) is 4.67. The van der Waals surface area contributed by atoms with Crippen molar-refractivity contribution in [3.63, 3.8) is 0 Å². The summed E-state index contributed by atoms with van der Waals surface area (Å²) >= 11 is 0. The topological polar surface area (TPSA) is 72.6 Å². The van der Waals surface area contributed by atoms with Crippen LogP contribution in [0.3, 0.4) is 0 Å². The Balaban J connectivity index is 2.49. The quantitative estimate of drug-likeness (QED) is 0.411. The van der Waals surface area contributed by atoms with E-state index in [0.29, 0.717) is 12.1 Å². The number of hydrogen-bond acceptors (Lipinski definition) is 4. The molecule has 1 heterocycles. The van der Waals surface area contributed by atoms with E-state index in [2.05, 4.69) is 0 Å². The Kier molecular flexibility index (Phi) is 2.46. The summed E-state index contributed by atoms with van der Waals surface area (Å²) in [5.41, 5.74) is 1.40. The first-order valence-electron chi connectivity index (χ1n) is 4.67. The van der Waals surface area contributed by atoms with E-state index in [-0.39, 0.29) is 11.6 Å². The van der Waals surface area contributed by atoms with Crippen molar-refractivity contribution in [2.75, 3.05) is 6.61 Å². The molecule has 1 atom stereocenters. The molecule has 2 rings (SSSR count). The van der Waals surface area contributed by atoms with Gasteiger partial charge in [0.1, 0.15) is 0 Å². The molecule has 0 saturated heterocycles. The van der Waals surface area contributed by atoms with Gasteiger partial charge in [0.15, 0.2) is 0 Å². The van der Waals surface area contributed by atoms with Crippen molar-refractivity contribution < 1.29 is 14.6 Å². The Morgan fingerprint density at radius 3 is 3.07 bits per heavy atom. The highest BCUT2D eigenvalue weighted by molar-refractivity contribution is 6.61. The van der Waals surface area contributed by atoms with Gasteiger partial charge in [-0.25, -0.2) is 0 Å². The van der Waals surface area contributed by atoms with Gasteiger partial charge in [-0.05, 0) is 11.0 Å². The lowest BCUT2D eigenvalue weighted by Gasteiger charge is -2.24. The van der Waals surface area contributed by atoms with Gasteiger partial charge in [-0.2, -0.15) is 0 Å². The molecule has 0 spiro atoms. The molecular weight excluding hydrogens is 197 g/mol. The van der Waals surface area contributed by atoms with Gasteiger partial charge in [0.2, 0.25) is 0 Å². The summed E-state index contributed by atoms with van der Waals surface area (Å²) in [6.07, 6.45) is 0. The molecule has 0 amide bonds. The molecule has 78 valence electrons. The van der Waals surface area contributed by atoms with Crippen LogP contribution in [0.25, 0.3) is 0 Å². The highest BCUT2D eigenvalue weighted by Crippen LogP contribution is 2.21. The molecule has 0 bridgehead atoms. The van der Waals surface area contributed by atoms with Crippen LogP contribution in [0.4, 0.5) is 5.69 Å². The Morgan fingerprint density at radius 2 is 2.40 bits per heavy atom. The van der Waals surface area contributed by atoms with Crippen LogP contribution in [0.2, 0.25) is 0 Å². The number of fused-ring (bicyclic) bond motifs is 1. The highest BCUT2D eigenvalue weighted by Gasteiger charge is 2.30. The van der Waals surface area contributed by atoms with Gasteiger partial charge in [0, 0.05) is 24.7 Å². The van der Waals surface area contributed by atoms with Crippen molar-refractivity contribution in [3.8, 4) is 0 Å². The lowest BCUT2D eigenvalue weighted by molar-refractivity contribution is -0.384. The summed E-state index contributed by atoms with van der Waals surface area (Å²) < 4.78 is 5.08. The number of hydrogen-bond donors (Lipinski definition) is 1. The summed E-state index contributed by atoms with van der Waals surface area (Å²) in [6, 6.07) is 4.51.